The molecule has 2 heterocycles. The fraction of sp³-hybridized carbons (Fsp3) is 0.429. The van der Waals surface area contributed by atoms with Crippen LogP contribution in [0, 0.1) is 0 Å². The number of esters is 1. The van der Waals surface area contributed by atoms with Crippen molar-refractivity contribution in [3.05, 3.63) is 11.1 Å². The molecule has 0 bridgehead atoms. The van der Waals surface area contributed by atoms with Crippen LogP contribution in [0.25, 0.3) is 0 Å². The van der Waals surface area contributed by atoms with E-state index >= 15 is 0 Å². The minimum atomic E-state index is -0.863. The normalized spacial score (nSPS) is 18.5. The number of hydrogen-bond acceptors (Lipinski definition) is 10. The van der Waals surface area contributed by atoms with Gasteiger partial charge in [0, 0.05) is 5.38 Å². The molecular weight excluding hydrogens is 434 g/mol. The molecular formula is C14H16ClN5O6S2. The van der Waals surface area contributed by atoms with Gasteiger partial charge in [-0.05, 0) is 0 Å². The van der Waals surface area contributed by atoms with Crippen LogP contribution in [-0.4, -0.2) is 71.7 Å². The first-order valence-electron chi connectivity index (χ1n) is 7.62. The summed E-state index contributed by atoms with van der Waals surface area (Å²) in [6.07, 6.45) is 0. The fourth-order valence-corrected chi connectivity index (χ4v) is 3.74. The van der Waals surface area contributed by atoms with Gasteiger partial charge in [0.05, 0.1) is 12.9 Å². The number of oxime groups is 1. The molecule has 3 N–H and O–H groups in total. The number of anilines is 1. The van der Waals surface area contributed by atoms with Crippen molar-refractivity contribution in [3.8, 4) is 0 Å². The van der Waals surface area contributed by atoms with Gasteiger partial charge in [0.15, 0.2) is 10.8 Å². The minimum Gasteiger partial charge on any atom is -0.468 e. The van der Waals surface area contributed by atoms with Crippen LogP contribution in [0.1, 0.15) is 5.69 Å². The molecule has 1 aromatic heterocycles. The number of amides is 3. The summed E-state index contributed by atoms with van der Waals surface area (Å²) in [5, 5.41) is 12.4. The van der Waals surface area contributed by atoms with Gasteiger partial charge in [-0.1, -0.05) is 5.16 Å². The number of β-lactam (4-membered cyclic amide) rings is 1. The van der Waals surface area contributed by atoms with Crippen LogP contribution in [-0.2, 0) is 28.8 Å². The van der Waals surface area contributed by atoms with Crippen molar-refractivity contribution in [1.29, 1.82) is 0 Å². The quantitative estimate of drug-likeness (QED) is 0.150. The van der Waals surface area contributed by atoms with Gasteiger partial charge in [-0.15, -0.1) is 34.7 Å². The summed E-state index contributed by atoms with van der Waals surface area (Å²) in [4.78, 5) is 55.7. The maximum Gasteiger partial charge on any atom is 0.315 e. The van der Waals surface area contributed by atoms with E-state index in [4.69, 9.17) is 11.6 Å². The van der Waals surface area contributed by atoms with Crippen molar-refractivity contribution in [1.82, 2.24) is 15.6 Å². The highest BCUT2D eigenvalue weighted by Crippen LogP contribution is 2.21. The Morgan fingerprint density at radius 1 is 1.43 bits per heavy atom. The molecule has 0 radical (unpaired) electrons. The standard InChI is InChI=1S/C14H16ClN5O6S2/c1-25-8(22)5-27-13-10(12(24)19-13)18-11(23)9(20-26-2)6-4-28-14(16-6)17-7(21)3-15/h4,10,13H,3,5H2,1-2H3,(H,18,23)(H,19,24)(H,16,17,21)/b20-9-/t10-,13+/m1/s1. The highest BCUT2D eigenvalue weighted by molar-refractivity contribution is 8.00. The topological polar surface area (TPSA) is 148 Å². The van der Waals surface area contributed by atoms with Gasteiger partial charge in [-0.25, -0.2) is 4.98 Å². The predicted molar refractivity (Wildman–Crippen MR) is 103 cm³/mol. The number of thioether (sulfide) groups is 1. The maximum absolute atomic E-state index is 12.6. The van der Waals surface area contributed by atoms with E-state index in [1.165, 1.54) is 19.6 Å². The zero-order valence-corrected chi connectivity index (χ0v) is 17.1. The second kappa shape index (κ2) is 10.2. The van der Waals surface area contributed by atoms with Crippen molar-refractivity contribution < 1.29 is 28.8 Å². The molecule has 1 aliphatic rings. The summed E-state index contributed by atoms with van der Waals surface area (Å²) >= 11 is 7.60. The summed E-state index contributed by atoms with van der Waals surface area (Å²) < 4.78 is 4.54. The van der Waals surface area contributed by atoms with Gasteiger partial charge in [0.2, 0.25) is 11.8 Å². The van der Waals surface area contributed by atoms with E-state index in [0.29, 0.717) is 0 Å². The number of halogens is 1. The SMILES string of the molecule is CO/N=C(\C(=O)N[C@@H]1C(=O)N[C@H]1SCC(=O)OC)c1csc(NC(=O)CCl)n1. The number of nitrogens with zero attached hydrogens (tertiary/aromatic N) is 2. The largest absolute Gasteiger partial charge is 0.468 e. The Labute approximate surface area is 172 Å². The molecule has 3 amide bonds. The Morgan fingerprint density at radius 2 is 2.18 bits per heavy atom. The molecule has 14 heteroatoms. The maximum atomic E-state index is 12.6. The summed E-state index contributed by atoms with van der Waals surface area (Å²) in [6.45, 7) is 0. The number of rotatable bonds is 9. The first kappa shape index (κ1) is 21.9. The van der Waals surface area contributed by atoms with Crippen molar-refractivity contribution in [2.24, 2.45) is 5.16 Å². The summed E-state index contributed by atoms with van der Waals surface area (Å²) in [5.74, 6) is -2.23. The van der Waals surface area contributed by atoms with Crippen molar-refractivity contribution in [3.63, 3.8) is 0 Å². The molecule has 152 valence electrons. The van der Waals surface area contributed by atoms with E-state index < -0.39 is 35.1 Å². The smallest absolute Gasteiger partial charge is 0.315 e. The second-order valence-corrected chi connectivity index (χ2v) is 7.36. The van der Waals surface area contributed by atoms with Gasteiger partial charge in [0.1, 0.15) is 30.1 Å². The molecule has 0 aromatic carbocycles. The Balaban J connectivity index is 2.04. The number of aromatic nitrogens is 1. The summed E-state index contributed by atoms with van der Waals surface area (Å²) in [6, 6.07) is -0.863. The lowest BCUT2D eigenvalue weighted by Gasteiger charge is -2.36. The molecule has 1 fully saturated rings. The van der Waals surface area contributed by atoms with Crippen molar-refractivity contribution >= 4 is 69.2 Å². The number of thiazole rings is 1. The van der Waals surface area contributed by atoms with Crippen LogP contribution in [0.2, 0.25) is 0 Å². The van der Waals surface area contributed by atoms with E-state index in [2.05, 4.69) is 35.7 Å². The van der Waals surface area contributed by atoms with Crippen molar-refractivity contribution in [2.75, 3.05) is 31.2 Å². The Kier molecular flexibility index (Phi) is 8.02. The van der Waals surface area contributed by atoms with E-state index in [0.717, 1.165) is 23.1 Å². The fourth-order valence-electron chi connectivity index (χ4n) is 1.95. The molecule has 11 nitrogen and oxygen atoms in total. The van der Waals surface area contributed by atoms with Crippen LogP contribution >= 0.6 is 34.7 Å². The highest BCUT2D eigenvalue weighted by atomic mass is 35.5. The molecule has 0 saturated carbocycles. The van der Waals surface area contributed by atoms with Gasteiger partial charge < -0.3 is 25.5 Å². The highest BCUT2D eigenvalue weighted by Gasteiger charge is 2.42. The number of methoxy groups -OCH3 is 1. The number of carbonyl (C=O) groups excluding carboxylic acids is 4. The molecule has 1 saturated heterocycles. The number of carbonyl (C=O) groups is 4. The zero-order valence-electron chi connectivity index (χ0n) is 14.7. The zero-order chi connectivity index (χ0) is 20.7. The number of alkyl halides is 1. The van der Waals surface area contributed by atoms with Crippen LogP contribution in [0.5, 0.6) is 0 Å². The monoisotopic (exact) mass is 449 g/mol. The van der Waals surface area contributed by atoms with Gasteiger partial charge in [0.25, 0.3) is 5.91 Å². The first-order chi connectivity index (χ1) is 13.4. The van der Waals surface area contributed by atoms with E-state index in [1.54, 1.807) is 0 Å². The molecule has 0 spiro atoms. The van der Waals surface area contributed by atoms with Crippen LogP contribution < -0.4 is 16.0 Å². The van der Waals surface area contributed by atoms with Gasteiger partial charge in [-0.3, -0.25) is 19.2 Å². The first-order valence-corrected chi connectivity index (χ1v) is 10.1. The van der Waals surface area contributed by atoms with E-state index in [9.17, 15) is 19.2 Å². The van der Waals surface area contributed by atoms with Gasteiger partial charge in [-0.2, -0.15) is 0 Å². The molecule has 2 atom stereocenters. The minimum absolute atomic E-state index is 0.0164. The lowest BCUT2D eigenvalue weighted by molar-refractivity contribution is -0.137. The van der Waals surface area contributed by atoms with Crippen molar-refractivity contribution in [2.45, 2.75) is 11.4 Å². The summed E-state index contributed by atoms with van der Waals surface area (Å²) in [5.41, 5.74) is -0.0331. The predicted octanol–water partition coefficient (Wildman–Crippen LogP) is -0.482. The van der Waals surface area contributed by atoms with E-state index in [-0.39, 0.29) is 28.2 Å². The lowest BCUT2D eigenvalue weighted by atomic mass is 10.1. The number of hydrogen-bond donors (Lipinski definition) is 3. The lowest BCUT2D eigenvalue weighted by Crippen LogP contribution is -2.68. The molecule has 0 unspecified atom stereocenters. The third-order valence-corrected chi connectivity index (χ3v) is 5.43. The van der Waals surface area contributed by atoms with E-state index in [1.807, 2.05) is 0 Å². The molecule has 0 aliphatic carbocycles. The molecule has 1 aliphatic heterocycles. The van der Waals surface area contributed by atoms with Gasteiger partial charge >= 0.3 is 5.97 Å². The average molecular weight is 450 g/mol. The Bertz CT molecular complexity index is 801. The molecule has 2 rings (SSSR count). The third kappa shape index (κ3) is 5.56. The van der Waals surface area contributed by atoms with Crippen LogP contribution in [0.15, 0.2) is 10.5 Å². The Hall–Kier alpha value is -2.38. The molecule has 1 aromatic rings. The number of ether oxygens (including phenoxy) is 1. The Morgan fingerprint density at radius 3 is 2.79 bits per heavy atom. The second-order valence-electron chi connectivity index (χ2n) is 5.11. The summed E-state index contributed by atoms with van der Waals surface area (Å²) in [7, 11) is 2.51. The van der Waals surface area contributed by atoms with Crippen LogP contribution in [0.4, 0.5) is 5.13 Å². The third-order valence-electron chi connectivity index (χ3n) is 3.28. The average Bonchev–Trinajstić information content (AvgIpc) is 3.14. The van der Waals surface area contributed by atoms with Crippen LogP contribution in [0.3, 0.4) is 0 Å². The molecule has 28 heavy (non-hydrogen) atoms. The number of nitrogens with one attached hydrogen (secondary N) is 3.